The molecule has 9 heteroatoms. The number of hydrogen-bond acceptors (Lipinski definition) is 5. The molecule has 0 spiro atoms. The first-order valence-electron chi connectivity index (χ1n) is 10.7. The highest BCUT2D eigenvalue weighted by Gasteiger charge is 2.28. The molecule has 32 heavy (non-hydrogen) atoms. The van der Waals surface area contributed by atoms with E-state index in [4.69, 9.17) is 0 Å². The average molecular weight is 449 g/mol. The average Bonchev–Trinajstić information content (AvgIpc) is 3.50. The van der Waals surface area contributed by atoms with Crippen LogP contribution in [0.3, 0.4) is 0 Å². The lowest BCUT2D eigenvalue weighted by Crippen LogP contribution is -2.36. The van der Waals surface area contributed by atoms with E-state index in [-0.39, 0.29) is 11.8 Å². The second-order valence-electron chi connectivity index (χ2n) is 7.95. The lowest BCUT2D eigenvalue weighted by Gasteiger charge is -2.27. The Labute approximate surface area is 189 Å². The van der Waals surface area contributed by atoms with Gasteiger partial charge in [0.1, 0.15) is 17.2 Å². The van der Waals surface area contributed by atoms with Gasteiger partial charge >= 0.3 is 0 Å². The number of amides is 2. The van der Waals surface area contributed by atoms with E-state index in [9.17, 15) is 9.59 Å². The van der Waals surface area contributed by atoms with Crippen LogP contribution in [0.5, 0.6) is 0 Å². The summed E-state index contributed by atoms with van der Waals surface area (Å²) < 4.78 is 3.52. The molecule has 1 aliphatic rings. The number of imidazole rings is 1. The van der Waals surface area contributed by atoms with Crippen molar-refractivity contribution >= 4 is 34.6 Å². The first kappa shape index (κ1) is 20.4. The number of thiophene rings is 1. The Hall–Kier alpha value is -3.46. The maximum Gasteiger partial charge on any atom is 0.272 e. The zero-order valence-electron chi connectivity index (χ0n) is 18.0. The molecule has 0 saturated carbocycles. The second-order valence-corrected chi connectivity index (χ2v) is 8.91. The van der Waals surface area contributed by atoms with Crippen molar-refractivity contribution < 1.29 is 9.59 Å². The molecular weight excluding hydrogens is 424 g/mol. The van der Waals surface area contributed by atoms with Gasteiger partial charge in [-0.3, -0.25) is 18.7 Å². The SMILES string of the molecule is CCCc1cc(NC(=O)c2csc3c2CCN(C(=O)c2cnc4ccccn24)C3)n(C)n1. The molecule has 0 fully saturated rings. The van der Waals surface area contributed by atoms with E-state index >= 15 is 0 Å². The fraction of sp³-hybridized carbons (Fsp3) is 0.304. The van der Waals surface area contributed by atoms with Crippen LogP contribution in [0.15, 0.2) is 42.0 Å². The lowest BCUT2D eigenvalue weighted by molar-refractivity contribution is 0.0730. The molecule has 0 aliphatic carbocycles. The standard InChI is InChI=1S/C23H24N6O2S/c1-3-6-15-11-21(27(2)26-15)25-22(30)17-14-32-19-13-28(10-8-16(17)19)23(31)18-12-24-20-7-4-5-9-29(18)20/h4-5,7,9,11-12,14H,3,6,8,10,13H2,1-2H3,(H,25,30). The number of aromatic nitrogens is 4. The van der Waals surface area contributed by atoms with Crippen LogP contribution in [-0.2, 0) is 26.4 Å². The van der Waals surface area contributed by atoms with E-state index in [2.05, 4.69) is 22.3 Å². The maximum atomic E-state index is 13.1. The predicted molar refractivity (Wildman–Crippen MR) is 123 cm³/mol. The van der Waals surface area contributed by atoms with Gasteiger partial charge < -0.3 is 10.2 Å². The van der Waals surface area contributed by atoms with Crippen LogP contribution in [-0.4, -0.2) is 42.4 Å². The molecule has 1 N–H and O–H groups in total. The molecule has 4 aromatic heterocycles. The number of nitrogens with one attached hydrogen (secondary N) is 1. The van der Waals surface area contributed by atoms with E-state index in [1.54, 1.807) is 10.9 Å². The quantitative estimate of drug-likeness (QED) is 0.506. The molecular formula is C23H24N6O2S. The van der Waals surface area contributed by atoms with Gasteiger partial charge in [0.25, 0.3) is 11.8 Å². The number of pyridine rings is 1. The molecule has 0 saturated heterocycles. The summed E-state index contributed by atoms with van der Waals surface area (Å²) in [6.45, 7) is 3.17. The molecule has 8 nitrogen and oxygen atoms in total. The maximum absolute atomic E-state index is 13.1. The molecule has 0 bridgehead atoms. The van der Waals surface area contributed by atoms with E-state index in [1.165, 1.54) is 11.3 Å². The summed E-state index contributed by atoms with van der Waals surface area (Å²) in [6.07, 6.45) is 6.02. The summed E-state index contributed by atoms with van der Waals surface area (Å²) in [5.41, 5.74) is 3.99. The molecule has 0 unspecified atom stereocenters. The predicted octanol–water partition coefficient (Wildman–Crippen LogP) is 3.53. The van der Waals surface area contributed by atoms with Gasteiger partial charge in [0.05, 0.1) is 24.0 Å². The van der Waals surface area contributed by atoms with E-state index in [0.29, 0.717) is 36.6 Å². The number of anilines is 1. The Morgan fingerprint density at radius 3 is 3.00 bits per heavy atom. The van der Waals surface area contributed by atoms with Crippen molar-refractivity contribution in [3.63, 3.8) is 0 Å². The zero-order chi connectivity index (χ0) is 22.2. The van der Waals surface area contributed by atoms with Crippen molar-refractivity contribution in [1.82, 2.24) is 24.1 Å². The first-order chi connectivity index (χ1) is 15.5. The van der Waals surface area contributed by atoms with Crippen LogP contribution in [0.1, 0.15) is 50.3 Å². The Morgan fingerprint density at radius 1 is 1.28 bits per heavy atom. The van der Waals surface area contributed by atoms with Crippen LogP contribution in [0.25, 0.3) is 5.65 Å². The summed E-state index contributed by atoms with van der Waals surface area (Å²) >= 11 is 1.53. The van der Waals surface area contributed by atoms with E-state index < -0.39 is 0 Å². The van der Waals surface area contributed by atoms with Gasteiger partial charge in [-0.05, 0) is 30.5 Å². The number of fused-ring (bicyclic) bond motifs is 2. The van der Waals surface area contributed by atoms with Crippen LogP contribution in [0.4, 0.5) is 5.82 Å². The molecule has 5 rings (SSSR count). The molecule has 0 radical (unpaired) electrons. The van der Waals surface area contributed by atoms with Crippen LogP contribution in [0, 0.1) is 0 Å². The molecule has 164 valence electrons. The fourth-order valence-corrected chi connectivity index (χ4v) is 5.24. The van der Waals surface area contributed by atoms with E-state index in [0.717, 1.165) is 34.6 Å². The Morgan fingerprint density at radius 2 is 2.16 bits per heavy atom. The van der Waals surface area contributed by atoms with Gasteiger partial charge in [0.2, 0.25) is 0 Å². The summed E-state index contributed by atoms with van der Waals surface area (Å²) in [4.78, 5) is 33.3. The van der Waals surface area contributed by atoms with Crippen molar-refractivity contribution in [1.29, 1.82) is 0 Å². The lowest BCUT2D eigenvalue weighted by atomic mass is 10.0. The second kappa shape index (κ2) is 8.23. The summed E-state index contributed by atoms with van der Waals surface area (Å²) in [5, 5.41) is 9.34. The highest BCUT2D eigenvalue weighted by Crippen LogP contribution is 2.30. The minimum absolute atomic E-state index is 0.0490. The topological polar surface area (TPSA) is 84.5 Å². The minimum Gasteiger partial charge on any atom is -0.332 e. The Balaban J connectivity index is 1.32. The molecule has 0 aromatic carbocycles. The van der Waals surface area contributed by atoms with Gasteiger partial charge in [0, 0.05) is 36.1 Å². The largest absolute Gasteiger partial charge is 0.332 e. The molecule has 5 heterocycles. The number of aryl methyl sites for hydroxylation is 2. The summed E-state index contributed by atoms with van der Waals surface area (Å²) in [7, 11) is 1.83. The molecule has 2 amide bonds. The highest BCUT2D eigenvalue weighted by molar-refractivity contribution is 7.10. The number of rotatable bonds is 5. The monoisotopic (exact) mass is 448 g/mol. The van der Waals surface area contributed by atoms with Gasteiger partial charge in [-0.2, -0.15) is 5.10 Å². The highest BCUT2D eigenvalue weighted by atomic mass is 32.1. The zero-order valence-corrected chi connectivity index (χ0v) is 18.9. The normalized spacial score (nSPS) is 13.4. The number of hydrogen-bond donors (Lipinski definition) is 1. The number of carbonyl (C=O) groups is 2. The van der Waals surface area contributed by atoms with Crippen molar-refractivity contribution in [3.05, 3.63) is 69.4 Å². The van der Waals surface area contributed by atoms with Gasteiger partial charge in [-0.25, -0.2) is 4.98 Å². The molecule has 1 aliphatic heterocycles. The van der Waals surface area contributed by atoms with Crippen molar-refractivity contribution in [2.24, 2.45) is 7.05 Å². The van der Waals surface area contributed by atoms with E-state index in [1.807, 2.05) is 52.2 Å². The minimum atomic E-state index is -0.130. The smallest absolute Gasteiger partial charge is 0.272 e. The third-order valence-electron chi connectivity index (χ3n) is 5.79. The van der Waals surface area contributed by atoms with Crippen LogP contribution >= 0.6 is 11.3 Å². The van der Waals surface area contributed by atoms with Gasteiger partial charge in [-0.1, -0.05) is 19.4 Å². The summed E-state index contributed by atoms with van der Waals surface area (Å²) in [6, 6.07) is 7.59. The van der Waals surface area contributed by atoms with Crippen molar-refractivity contribution in [2.75, 3.05) is 11.9 Å². The first-order valence-corrected chi connectivity index (χ1v) is 11.6. The van der Waals surface area contributed by atoms with Crippen molar-refractivity contribution in [3.8, 4) is 0 Å². The Kier molecular flexibility index (Phi) is 5.26. The Bertz CT molecular complexity index is 1320. The third-order valence-corrected chi connectivity index (χ3v) is 6.81. The molecule has 4 aromatic rings. The fourth-order valence-electron chi connectivity index (χ4n) is 4.15. The van der Waals surface area contributed by atoms with Crippen molar-refractivity contribution in [2.45, 2.75) is 32.7 Å². The van der Waals surface area contributed by atoms with Crippen LogP contribution in [0.2, 0.25) is 0 Å². The molecule has 0 atom stereocenters. The third kappa shape index (κ3) is 3.58. The number of carbonyl (C=O) groups excluding carboxylic acids is 2. The van der Waals surface area contributed by atoms with Gasteiger partial charge in [-0.15, -0.1) is 11.3 Å². The summed E-state index contributed by atoms with van der Waals surface area (Å²) in [5.74, 6) is 0.515. The van der Waals surface area contributed by atoms with Crippen LogP contribution < -0.4 is 5.32 Å². The number of nitrogens with zero attached hydrogens (tertiary/aromatic N) is 5. The van der Waals surface area contributed by atoms with Gasteiger partial charge in [0.15, 0.2) is 0 Å².